The van der Waals surface area contributed by atoms with Crippen molar-refractivity contribution in [2.45, 2.75) is 13.8 Å². The van der Waals surface area contributed by atoms with Crippen LogP contribution < -0.4 is 5.32 Å². The molecule has 0 bridgehead atoms. The van der Waals surface area contributed by atoms with Gasteiger partial charge in [0.1, 0.15) is 5.82 Å². The van der Waals surface area contributed by atoms with E-state index in [0.717, 1.165) is 22.3 Å². The second-order valence-corrected chi connectivity index (χ2v) is 6.37. The minimum absolute atomic E-state index is 0.675. The van der Waals surface area contributed by atoms with Crippen LogP contribution in [-0.2, 0) is 0 Å². The van der Waals surface area contributed by atoms with Crippen LogP contribution >= 0.6 is 0 Å². The summed E-state index contributed by atoms with van der Waals surface area (Å²) in [6, 6.07) is 16.6. The van der Waals surface area contributed by atoms with Crippen LogP contribution in [-0.4, -0.2) is 22.0 Å². The Hall–Kier alpha value is -3.27. The van der Waals surface area contributed by atoms with Crippen LogP contribution in [0.25, 0.3) is 33.4 Å². The normalized spacial score (nSPS) is 10.9. The van der Waals surface area contributed by atoms with E-state index in [0.29, 0.717) is 5.82 Å². The number of hydrogen-bond donors (Lipinski definition) is 1. The number of nitrogens with zero attached hydrogens (tertiary/aromatic N) is 3. The summed E-state index contributed by atoms with van der Waals surface area (Å²) in [5.74, 6) is 1.50. The third-order valence-corrected chi connectivity index (χ3v) is 4.77. The fourth-order valence-electron chi connectivity index (χ4n) is 3.17. The summed E-state index contributed by atoms with van der Waals surface area (Å²) in [6.07, 6.45) is 3.53. The van der Waals surface area contributed by atoms with E-state index in [1.54, 1.807) is 12.4 Å². The second kappa shape index (κ2) is 6.56. The van der Waals surface area contributed by atoms with Gasteiger partial charge in [-0.1, -0.05) is 24.3 Å². The number of rotatable bonds is 3. The highest BCUT2D eigenvalue weighted by atomic mass is 15.0. The van der Waals surface area contributed by atoms with Gasteiger partial charge in [0, 0.05) is 30.4 Å². The lowest BCUT2D eigenvalue weighted by Gasteiger charge is -2.12. The lowest BCUT2D eigenvalue weighted by molar-refractivity contribution is 1.20. The van der Waals surface area contributed by atoms with Crippen molar-refractivity contribution in [1.29, 1.82) is 0 Å². The molecule has 0 atom stereocenters. The zero-order valence-electron chi connectivity index (χ0n) is 15.1. The minimum Gasteiger partial charge on any atom is -0.373 e. The summed E-state index contributed by atoms with van der Waals surface area (Å²) < 4.78 is 0. The average molecular weight is 340 g/mol. The molecule has 0 aliphatic carbocycles. The van der Waals surface area contributed by atoms with Gasteiger partial charge in [-0.3, -0.25) is 4.98 Å². The number of benzene rings is 2. The fraction of sp³-hybridized carbons (Fsp3) is 0.136. The van der Waals surface area contributed by atoms with Crippen LogP contribution in [0.2, 0.25) is 0 Å². The highest BCUT2D eigenvalue weighted by Gasteiger charge is 2.11. The van der Waals surface area contributed by atoms with E-state index in [2.05, 4.69) is 60.5 Å². The van der Waals surface area contributed by atoms with Crippen molar-refractivity contribution in [2.24, 2.45) is 0 Å². The van der Waals surface area contributed by atoms with E-state index >= 15 is 0 Å². The molecule has 4 nitrogen and oxygen atoms in total. The molecule has 0 fully saturated rings. The number of anilines is 1. The number of fused-ring (bicyclic) bond motifs is 1. The third kappa shape index (κ3) is 2.80. The molecule has 0 saturated carbocycles. The molecule has 4 aromatic rings. The molecule has 0 aliphatic rings. The van der Waals surface area contributed by atoms with Gasteiger partial charge in [-0.05, 0) is 60.4 Å². The molecule has 2 heterocycles. The quantitative estimate of drug-likeness (QED) is 0.569. The predicted molar refractivity (Wildman–Crippen MR) is 107 cm³/mol. The van der Waals surface area contributed by atoms with Crippen molar-refractivity contribution < 1.29 is 0 Å². The molecule has 4 heteroatoms. The molecule has 0 radical (unpaired) electrons. The third-order valence-electron chi connectivity index (χ3n) is 4.77. The molecule has 0 unspecified atom stereocenters. The van der Waals surface area contributed by atoms with E-state index in [9.17, 15) is 0 Å². The Morgan fingerprint density at radius 2 is 1.77 bits per heavy atom. The Balaban J connectivity index is 1.90. The zero-order chi connectivity index (χ0) is 18.1. The Morgan fingerprint density at radius 3 is 2.54 bits per heavy atom. The van der Waals surface area contributed by atoms with E-state index in [-0.39, 0.29) is 0 Å². The number of aryl methyl sites for hydroxylation is 1. The van der Waals surface area contributed by atoms with E-state index in [1.165, 1.54) is 22.3 Å². The Labute approximate surface area is 153 Å². The molecule has 128 valence electrons. The zero-order valence-corrected chi connectivity index (χ0v) is 15.1. The molecule has 26 heavy (non-hydrogen) atoms. The van der Waals surface area contributed by atoms with Gasteiger partial charge < -0.3 is 5.32 Å². The van der Waals surface area contributed by atoms with E-state index in [4.69, 9.17) is 9.97 Å². The monoisotopic (exact) mass is 340 g/mol. The number of aromatic nitrogens is 3. The maximum absolute atomic E-state index is 4.74. The van der Waals surface area contributed by atoms with Crippen molar-refractivity contribution >= 4 is 16.7 Å². The van der Waals surface area contributed by atoms with Crippen LogP contribution in [0.15, 0.2) is 60.9 Å². The summed E-state index contributed by atoms with van der Waals surface area (Å²) in [5, 5.41) is 4.23. The smallest absolute Gasteiger partial charge is 0.163 e. The number of hydrogen-bond acceptors (Lipinski definition) is 4. The van der Waals surface area contributed by atoms with Gasteiger partial charge in [-0.15, -0.1) is 0 Å². The summed E-state index contributed by atoms with van der Waals surface area (Å²) in [7, 11) is 1.89. The second-order valence-electron chi connectivity index (χ2n) is 6.37. The summed E-state index contributed by atoms with van der Waals surface area (Å²) in [5.41, 5.74) is 6.82. The van der Waals surface area contributed by atoms with Crippen LogP contribution in [0, 0.1) is 13.8 Å². The standard InChI is InChI=1S/C22H20N4/c1-14-6-4-8-18(15(14)2)16-9-10-20-19(12-16)22(23-3)26-21(25-20)17-7-5-11-24-13-17/h4-13H,1-3H3,(H,23,25,26). The first-order valence-corrected chi connectivity index (χ1v) is 8.64. The van der Waals surface area contributed by atoms with Gasteiger partial charge in [-0.2, -0.15) is 0 Å². The molecule has 0 spiro atoms. The molecule has 0 saturated heterocycles. The molecule has 0 amide bonds. The largest absolute Gasteiger partial charge is 0.373 e. The van der Waals surface area contributed by atoms with Crippen molar-refractivity contribution in [3.63, 3.8) is 0 Å². The van der Waals surface area contributed by atoms with Crippen molar-refractivity contribution in [1.82, 2.24) is 15.0 Å². The first kappa shape index (κ1) is 16.2. The SMILES string of the molecule is CNc1nc(-c2cccnc2)nc2ccc(-c3cccc(C)c3C)cc12. The van der Waals surface area contributed by atoms with Crippen LogP contribution in [0.1, 0.15) is 11.1 Å². The highest BCUT2D eigenvalue weighted by molar-refractivity contribution is 5.94. The number of pyridine rings is 1. The van der Waals surface area contributed by atoms with E-state index in [1.807, 2.05) is 19.2 Å². The molecular formula is C22H20N4. The summed E-state index contributed by atoms with van der Waals surface area (Å²) in [4.78, 5) is 13.6. The number of nitrogens with one attached hydrogen (secondary N) is 1. The van der Waals surface area contributed by atoms with Crippen LogP contribution in [0.3, 0.4) is 0 Å². The van der Waals surface area contributed by atoms with Crippen molar-refractivity contribution in [3.8, 4) is 22.5 Å². The molecule has 4 rings (SSSR count). The van der Waals surface area contributed by atoms with Gasteiger partial charge in [0.15, 0.2) is 5.82 Å². The van der Waals surface area contributed by atoms with Gasteiger partial charge >= 0.3 is 0 Å². The van der Waals surface area contributed by atoms with Gasteiger partial charge in [0.2, 0.25) is 0 Å². The van der Waals surface area contributed by atoms with Crippen molar-refractivity contribution in [3.05, 3.63) is 72.1 Å². The van der Waals surface area contributed by atoms with Gasteiger partial charge in [0.05, 0.1) is 5.52 Å². The first-order valence-electron chi connectivity index (χ1n) is 8.64. The van der Waals surface area contributed by atoms with Gasteiger partial charge in [-0.25, -0.2) is 9.97 Å². The molecule has 0 aliphatic heterocycles. The van der Waals surface area contributed by atoms with Crippen LogP contribution in [0.5, 0.6) is 0 Å². The molecule has 1 N–H and O–H groups in total. The Kier molecular flexibility index (Phi) is 4.09. The lowest BCUT2D eigenvalue weighted by atomic mass is 9.96. The Bertz CT molecular complexity index is 1090. The average Bonchev–Trinajstić information content (AvgIpc) is 2.69. The lowest BCUT2D eigenvalue weighted by Crippen LogP contribution is -1.99. The minimum atomic E-state index is 0.675. The predicted octanol–water partition coefficient (Wildman–Crippen LogP) is 5.02. The van der Waals surface area contributed by atoms with Gasteiger partial charge in [0.25, 0.3) is 0 Å². The maximum Gasteiger partial charge on any atom is 0.163 e. The fourth-order valence-corrected chi connectivity index (χ4v) is 3.17. The maximum atomic E-state index is 4.74. The summed E-state index contributed by atoms with van der Waals surface area (Å²) in [6.45, 7) is 4.30. The van der Waals surface area contributed by atoms with Crippen molar-refractivity contribution in [2.75, 3.05) is 12.4 Å². The summed E-state index contributed by atoms with van der Waals surface area (Å²) >= 11 is 0. The topological polar surface area (TPSA) is 50.7 Å². The molecule has 2 aromatic heterocycles. The molecule has 2 aromatic carbocycles. The highest BCUT2D eigenvalue weighted by Crippen LogP contribution is 2.31. The first-order chi connectivity index (χ1) is 12.7. The molecular weight excluding hydrogens is 320 g/mol. The van der Waals surface area contributed by atoms with Crippen LogP contribution in [0.4, 0.5) is 5.82 Å². The Morgan fingerprint density at radius 1 is 0.885 bits per heavy atom. The van der Waals surface area contributed by atoms with E-state index < -0.39 is 0 Å².